The van der Waals surface area contributed by atoms with Crippen LogP contribution < -0.4 is 5.32 Å². The van der Waals surface area contributed by atoms with E-state index in [1.807, 2.05) is 17.5 Å². The Balaban J connectivity index is 1.63. The Morgan fingerprint density at radius 1 is 1.18 bits per heavy atom. The molecule has 0 atom stereocenters. The lowest BCUT2D eigenvalue weighted by atomic mass is 10.2. The average Bonchev–Trinajstić information content (AvgIpc) is 3.21. The van der Waals surface area contributed by atoms with E-state index in [-0.39, 0.29) is 16.9 Å². The largest absolute Gasteiger partial charge is 0.452 e. The van der Waals surface area contributed by atoms with Gasteiger partial charge in [-0.1, -0.05) is 18.2 Å². The number of anilines is 1. The molecule has 0 radical (unpaired) electrons. The molecule has 1 amide bonds. The third-order valence-electron chi connectivity index (χ3n) is 3.79. The molecule has 3 rings (SSSR count). The van der Waals surface area contributed by atoms with Crippen LogP contribution in [0.5, 0.6) is 0 Å². The molecule has 1 N–H and O–H groups in total. The van der Waals surface area contributed by atoms with Gasteiger partial charge < -0.3 is 10.1 Å². The number of nitrogens with zero attached hydrogens (tertiary/aromatic N) is 2. The molecule has 0 saturated heterocycles. The summed E-state index contributed by atoms with van der Waals surface area (Å²) in [6, 6.07) is 12.9. The van der Waals surface area contributed by atoms with Crippen molar-refractivity contribution in [1.82, 2.24) is 4.98 Å². The van der Waals surface area contributed by atoms with Gasteiger partial charge in [0.1, 0.15) is 5.69 Å². The Kier molecular flexibility index (Phi) is 5.75. The molecule has 2 aromatic heterocycles. The van der Waals surface area contributed by atoms with Crippen molar-refractivity contribution in [2.75, 3.05) is 11.9 Å². The van der Waals surface area contributed by atoms with Gasteiger partial charge in [0.15, 0.2) is 6.61 Å². The van der Waals surface area contributed by atoms with Crippen LogP contribution in [0.4, 0.5) is 11.4 Å². The van der Waals surface area contributed by atoms with Crippen LogP contribution in [0.15, 0.2) is 53.9 Å². The molecule has 0 aliphatic heterocycles. The number of amides is 1. The molecule has 0 bridgehead atoms. The predicted molar refractivity (Wildman–Crippen MR) is 104 cm³/mol. The number of carbonyl (C=O) groups is 2. The summed E-state index contributed by atoms with van der Waals surface area (Å²) >= 11 is 1.54. The number of aryl methyl sites for hydroxylation is 1. The van der Waals surface area contributed by atoms with Gasteiger partial charge in [0.05, 0.1) is 26.8 Å². The first kappa shape index (κ1) is 19.2. The third-order valence-corrected chi connectivity index (χ3v) is 4.68. The van der Waals surface area contributed by atoms with E-state index in [2.05, 4.69) is 10.3 Å². The fraction of sp³-hybridized carbons (Fsp3) is 0.105. The quantitative estimate of drug-likeness (QED) is 0.384. The lowest BCUT2D eigenvalue weighted by Gasteiger charge is -2.09. The number of esters is 1. The van der Waals surface area contributed by atoms with Gasteiger partial charge >= 0.3 is 5.97 Å². The minimum atomic E-state index is -0.694. The van der Waals surface area contributed by atoms with Crippen LogP contribution in [0, 0.1) is 17.0 Å². The molecule has 0 aliphatic carbocycles. The van der Waals surface area contributed by atoms with Gasteiger partial charge in [-0.3, -0.25) is 19.9 Å². The SMILES string of the molecule is Cc1nc(-c2cccs2)ccc1C(=O)OCC(=O)Nc1ccccc1[N+](=O)[O-]. The number of hydrogen-bond donors (Lipinski definition) is 1. The summed E-state index contributed by atoms with van der Waals surface area (Å²) in [5.41, 5.74) is 1.27. The number of nitro benzene ring substituents is 1. The molecule has 3 aromatic rings. The van der Waals surface area contributed by atoms with Gasteiger partial charge in [-0.2, -0.15) is 0 Å². The van der Waals surface area contributed by atoms with Crippen molar-refractivity contribution in [1.29, 1.82) is 0 Å². The van der Waals surface area contributed by atoms with E-state index >= 15 is 0 Å². The topological polar surface area (TPSA) is 111 Å². The lowest BCUT2D eigenvalue weighted by Crippen LogP contribution is -2.21. The van der Waals surface area contributed by atoms with Crippen LogP contribution in [0.2, 0.25) is 0 Å². The number of para-hydroxylation sites is 2. The number of benzene rings is 1. The molecule has 28 heavy (non-hydrogen) atoms. The van der Waals surface area contributed by atoms with Crippen LogP contribution in [0.3, 0.4) is 0 Å². The van der Waals surface area contributed by atoms with E-state index in [0.29, 0.717) is 5.69 Å². The zero-order chi connectivity index (χ0) is 20.1. The molecule has 0 aliphatic rings. The summed E-state index contributed by atoms with van der Waals surface area (Å²) < 4.78 is 5.02. The molecule has 0 unspecified atom stereocenters. The maximum absolute atomic E-state index is 12.2. The first-order valence-corrected chi connectivity index (χ1v) is 9.05. The second-order valence-electron chi connectivity index (χ2n) is 5.71. The number of aromatic nitrogens is 1. The number of nitrogens with one attached hydrogen (secondary N) is 1. The molecule has 142 valence electrons. The molecule has 8 nitrogen and oxygen atoms in total. The Bertz CT molecular complexity index is 1030. The average molecular weight is 397 g/mol. The number of carbonyl (C=O) groups excluding carboxylic acids is 2. The van der Waals surface area contributed by atoms with Crippen LogP contribution in [0.1, 0.15) is 16.1 Å². The maximum Gasteiger partial charge on any atom is 0.340 e. The summed E-state index contributed by atoms with van der Waals surface area (Å²) in [5, 5.41) is 15.3. The zero-order valence-electron chi connectivity index (χ0n) is 14.7. The highest BCUT2D eigenvalue weighted by Gasteiger charge is 2.18. The summed E-state index contributed by atoms with van der Waals surface area (Å²) in [5.74, 6) is -1.37. The van der Waals surface area contributed by atoms with Crippen molar-refractivity contribution in [3.8, 4) is 10.6 Å². The molecule has 1 aromatic carbocycles. The smallest absolute Gasteiger partial charge is 0.340 e. The highest BCUT2D eigenvalue weighted by atomic mass is 32.1. The second-order valence-corrected chi connectivity index (χ2v) is 6.65. The van der Waals surface area contributed by atoms with Crippen LogP contribution in [-0.4, -0.2) is 28.4 Å². The van der Waals surface area contributed by atoms with Gasteiger partial charge in [-0.25, -0.2) is 4.79 Å². The summed E-state index contributed by atoms with van der Waals surface area (Å²) in [6.45, 7) is 1.11. The van der Waals surface area contributed by atoms with E-state index in [9.17, 15) is 19.7 Å². The third kappa shape index (κ3) is 4.38. The van der Waals surface area contributed by atoms with Crippen molar-refractivity contribution >= 4 is 34.6 Å². The molecule has 0 spiro atoms. The van der Waals surface area contributed by atoms with Crippen molar-refractivity contribution in [3.05, 3.63) is 75.3 Å². The minimum absolute atomic E-state index is 0.0340. The fourth-order valence-corrected chi connectivity index (χ4v) is 3.17. The van der Waals surface area contributed by atoms with Gasteiger partial charge in [0.2, 0.25) is 0 Å². The number of hydrogen-bond acceptors (Lipinski definition) is 7. The highest BCUT2D eigenvalue weighted by molar-refractivity contribution is 7.13. The summed E-state index contributed by atoms with van der Waals surface area (Å²) in [7, 11) is 0. The van der Waals surface area contributed by atoms with E-state index in [4.69, 9.17) is 4.74 Å². The molecular weight excluding hydrogens is 382 g/mol. The van der Waals surface area contributed by atoms with E-state index < -0.39 is 23.4 Å². The Morgan fingerprint density at radius 3 is 2.64 bits per heavy atom. The maximum atomic E-state index is 12.2. The predicted octanol–water partition coefficient (Wildman–Crippen LogP) is 3.82. The van der Waals surface area contributed by atoms with Crippen molar-refractivity contribution in [3.63, 3.8) is 0 Å². The van der Waals surface area contributed by atoms with Crippen molar-refractivity contribution in [2.24, 2.45) is 0 Å². The first-order valence-electron chi connectivity index (χ1n) is 8.17. The summed E-state index contributed by atoms with van der Waals surface area (Å²) in [6.07, 6.45) is 0. The summed E-state index contributed by atoms with van der Waals surface area (Å²) in [4.78, 5) is 40.0. The number of thiophene rings is 1. The first-order chi connectivity index (χ1) is 13.5. The number of nitro groups is 1. The monoisotopic (exact) mass is 397 g/mol. The number of ether oxygens (including phenoxy) is 1. The Labute approximate surface area is 164 Å². The Hall–Kier alpha value is -3.59. The van der Waals surface area contributed by atoms with Crippen LogP contribution >= 0.6 is 11.3 Å². The van der Waals surface area contributed by atoms with Gasteiger partial charge in [-0.15, -0.1) is 11.3 Å². The van der Waals surface area contributed by atoms with E-state index in [0.717, 1.165) is 10.6 Å². The zero-order valence-corrected chi connectivity index (χ0v) is 15.6. The van der Waals surface area contributed by atoms with E-state index in [1.165, 1.54) is 29.5 Å². The number of rotatable bonds is 6. The molecular formula is C19H15N3O5S. The van der Waals surface area contributed by atoms with Crippen molar-refractivity contribution in [2.45, 2.75) is 6.92 Å². The van der Waals surface area contributed by atoms with Crippen LogP contribution in [0.25, 0.3) is 10.6 Å². The highest BCUT2D eigenvalue weighted by Crippen LogP contribution is 2.24. The fourth-order valence-electron chi connectivity index (χ4n) is 2.47. The minimum Gasteiger partial charge on any atom is -0.452 e. The van der Waals surface area contributed by atoms with Gasteiger partial charge in [0, 0.05) is 6.07 Å². The van der Waals surface area contributed by atoms with Gasteiger partial charge in [0.25, 0.3) is 11.6 Å². The Morgan fingerprint density at radius 2 is 1.96 bits per heavy atom. The van der Waals surface area contributed by atoms with E-state index in [1.54, 1.807) is 25.1 Å². The standard InChI is InChI=1S/C19H15N3O5S/c1-12-13(8-9-15(20-12)17-7-4-10-28-17)19(24)27-11-18(23)21-14-5-2-3-6-16(14)22(25)26/h2-10H,11H2,1H3,(H,21,23). The normalized spacial score (nSPS) is 10.3. The van der Waals surface area contributed by atoms with Crippen LogP contribution in [-0.2, 0) is 9.53 Å². The molecule has 0 fully saturated rings. The lowest BCUT2D eigenvalue weighted by molar-refractivity contribution is -0.383. The van der Waals surface area contributed by atoms with Crippen molar-refractivity contribution < 1.29 is 19.2 Å². The molecule has 0 saturated carbocycles. The second kappa shape index (κ2) is 8.40. The van der Waals surface area contributed by atoms with Gasteiger partial charge in [-0.05, 0) is 36.6 Å². The number of pyridine rings is 1. The molecule has 9 heteroatoms. The molecule has 2 heterocycles.